The van der Waals surface area contributed by atoms with Gasteiger partial charge in [-0.3, -0.25) is 4.79 Å². The van der Waals surface area contributed by atoms with Crippen LogP contribution in [0.5, 0.6) is 0 Å². The molecule has 1 fully saturated rings. The predicted octanol–water partition coefficient (Wildman–Crippen LogP) is -0.308. The fraction of sp³-hybridized carbons (Fsp3) is 0.846. The molecule has 1 atom stereocenters. The zero-order valence-corrected chi connectivity index (χ0v) is 14.4. The molecule has 10 heteroatoms. The zero-order valence-electron chi connectivity index (χ0n) is 13.6. The summed E-state index contributed by atoms with van der Waals surface area (Å²) >= 11 is 0. The highest BCUT2D eigenvalue weighted by atomic mass is 32.2. The summed E-state index contributed by atoms with van der Waals surface area (Å²) in [6, 6.07) is -0.0131. The third-order valence-electron chi connectivity index (χ3n) is 4.06. The number of hydrogen-bond donors (Lipinski definition) is 1. The molecule has 23 heavy (non-hydrogen) atoms. The van der Waals surface area contributed by atoms with Gasteiger partial charge >= 0.3 is 0 Å². The Morgan fingerprint density at radius 3 is 2.83 bits per heavy atom. The Morgan fingerprint density at radius 2 is 2.17 bits per heavy atom. The van der Waals surface area contributed by atoms with E-state index in [1.807, 2.05) is 0 Å². The maximum Gasteiger partial charge on any atom is 0.221 e. The largest absolute Gasteiger partial charge is 0.356 e. The number of aromatic nitrogens is 4. The van der Waals surface area contributed by atoms with Crippen LogP contribution in [-0.2, 0) is 21.4 Å². The van der Waals surface area contributed by atoms with Gasteiger partial charge in [-0.25, -0.2) is 13.1 Å². The molecule has 1 aliphatic rings. The molecule has 1 N–H and O–H groups in total. The predicted molar refractivity (Wildman–Crippen MR) is 84.0 cm³/mol. The van der Waals surface area contributed by atoms with Crippen molar-refractivity contribution in [1.82, 2.24) is 29.8 Å². The summed E-state index contributed by atoms with van der Waals surface area (Å²) in [5, 5.41) is 13.9. The normalized spacial score (nSPS) is 19.7. The highest BCUT2D eigenvalue weighted by Crippen LogP contribution is 2.21. The lowest BCUT2D eigenvalue weighted by Gasteiger charge is -2.33. The highest BCUT2D eigenvalue weighted by Gasteiger charge is 2.28. The lowest BCUT2D eigenvalue weighted by Crippen LogP contribution is -2.44. The molecular weight excluding hydrogens is 320 g/mol. The molecule has 0 unspecified atom stereocenters. The number of piperidine rings is 1. The lowest BCUT2D eigenvalue weighted by atomic mass is 10.0. The van der Waals surface area contributed by atoms with Crippen LogP contribution < -0.4 is 5.32 Å². The first-order valence-corrected chi connectivity index (χ1v) is 9.69. The van der Waals surface area contributed by atoms with Crippen molar-refractivity contribution in [2.24, 2.45) is 0 Å². The number of nitrogens with zero attached hydrogens (tertiary/aromatic N) is 5. The van der Waals surface area contributed by atoms with E-state index in [4.69, 9.17) is 0 Å². The molecule has 0 spiro atoms. The number of rotatable bonds is 7. The molecule has 1 aromatic rings. The van der Waals surface area contributed by atoms with E-state index in [0.717, 1.165) is 19.3 Å². The SMILES string of the molecule is Cc1nnnn1CCC(=O)NCC[C@H]1CCCCN1S(C)(=O)=O. The minimum absolute atomic E-state index is 0.0131. The fourth-order valence-electron chi connectivity index (χ4n) is 2.83. The fourth-order valence-corrected chi connectivity index (χ4v) is 4.04. The molecule has 1 aromatic heterocycles. The van der Waals surface area contributed by atoms with Crippen LogP contribution in [-0.4, -0.2) is 64.2 Å². The van der Waals surface area contributed by atoms with E-state index in [-0.39, 0.29) is 11.9 Å². The standard InChI is InChI=1S/C13H24N6O3S/c1-11-15-16-17-18(11)10-7-13(20)14-8-6-12-5-3-4-9-19(12)23(2,21)22/h12H,3-10H2,1-2H3,(H,14,20)/t12-/m1/s1. The van der Waals surface area contributed by atoms with E-state index in [1.165, 1.54) is 6.26 Å². The number of nitrogens with one attached hydrogen (secondary N) is 1. The van der Waals surface area contributed by atoms with E-state index < -0.39 is 10.0 Å². The topological polar surface area (TPSA) is 110 Å². The molecule has 9 nitrogen and oxygen atoms in total. The summed E-state index contributed by atoms with van der Waals surface area (Å²) in [6.45, 7) is 3.27. The molecule has 0 radical (unpaired) electrons. The lowest BCUT2D eigenvalue weighted by molar-refractivity contribution is -0.121. The molecule has 1 amide bonds. The van der Waals surface area contributed by atoms with Crippen LogP contribution >= 0.6 is 0 Å². The van der Waals surface area contributed by atoms with Gasteiger partial charge in [-0.05, 0) is 36.6 Å². The number of amides is 1. The third kappa shape index (κ3) is 5.24. The van der Waals surface area contributed by atoms with Crippen molar-refractivity contribution in [3.8, 4) is 0 Å². The Bertz CT molecular complexity index is 629. The van der Waals surface area contributed by atoms with Crippen molar-refractivity contribution in [2.75, 3.05) is 19.3 Å². The van der Waals surface area contributed by atoms with Crippen LogP contribution in [0.15, 0.2) is 0 Å². The van der Waals surface area contributed by atoms with E-state index >= 15 is 0 Å². The van der Waals surface area contributed by atoms with Gasteiger partial charge in [0.15, 0.2) is 0 Å². The van der Waals surface area contributed by atoms with E-state index in [1.54, 1.807) is 15.9 Å². The average molecular weight is 344 g/mol. The van der Waals surface area contributed by atoms with Crippen molar-refractivity contribution in [3.63, 3.8) is 0 Å². The Kier molecular flexibility index (Phi) is 6.05. The Labute approximate surface area is 136 Å². The highest BCUT2D eigenvalue weighted by molar-refractivity contribution is 7.88. The number of hydrogen-bond acceptors (Lipinski definition) is 6. The number of sulfonamides is 1. The summed E-state index contributed by atoms with van der Waals surface area (Å²) in [7, 11) is -3.18. The van der Waals surface area contributed by atoms with Crippen molar-refractivity contribution < 1.29 is 13.2 Å². The first-order chi connectivity index (χ1) is 10.9. The van der Waals surface area contributed by atoms with Crippen molar-refractivity contribution >= 4 is 15.9 Å². The monoisotopic (exact) mass is 344 g/mol. The second-order valence-corrected chi connectivity index (χ2v) is 7.80. The van der Waals surface area contributed by atoms with Gasteiger partial charge in [0.2, 0.25) is 15.9 Å². The average Bonchev–Trinajstić information content (AvgIpc) is 2.90. The van der Waals surface area contributed by atoms with Gasteiger partial charge in [-0.1, -0.05) is 6.42 Å². The quantitative estimate of drug-likeness (QED) is 0.727. The summed E-state index contributed by atoms with van der Waals surface area (Å²) in [5.41, 5.74) is 0. The van der Waals surface area contributed by atoms with Crippen LogP contribution in [0, 0.1) is 6.92 Å². The minimum Gasteiger partial charge on any atom is -0.356 e. The Balaban J connectivity index is 1.73. The minimum atomic E-state index is -3.18. The van der Waals surface area contributed by atoms with Crippen LogP contribution in [0.1, 0.15) is 37.9 Å². The summed E-state index contributed by atoms with van der Waals surface area (Å²) < 4.78 is 26.7. The van der Waals surface area contributed by atoms with E-state index in [2.05, 4.69) is 20.8 Å². The number of carbonyl (C=O) groups excluding carboxylic acids is 1. The number of aryl methyl sites for hydroxylation is 2. The second-order valence-electron chi connectivity index (χ2n) is 5.86. The smallest absolute Gasteiger partial charge is 0.221 e. The molecule has 0 saturated carbocycles. The van der Waals surface area contributed by atoms with Gasteiger partial charge in [-0.2, -0.15) is 4.31 Å². The molecule has 0 aliphatic carbocycles. The van der Waals surface area contributed by atoms with Gasteiger partial charge < -0.3 is 5.32 Å². The van der Waals surface area contributed by atoms with Gasteiger partial charge in [0.1, 0.15) is 5.82 Å². The molecule has 130 valence electrons. The van der Waals surface area contributed by atoms with Gasteiger partial charge in [-0.15, -0.1) is 5.10 Å². The van der Waals surface area contributed by atoms with Crippen LogP contribution in [0.3, 0.4) is 0 Å². The molecule has 1 aliphatic heterocycles. The molecule has 0 aromatic carbocycles. The summed E-state index contributed by atoms with van der Waals surface area (Å²) in [5.74, 6) is 0.588. The molecule has 2 heterocycles. The molecule has 0 bridgehead atoms. The Morgan fingerprint density at radius 1 is 1.39 bits per heavy atom. The molecule has 2 rings (SSSR count). The van der Waals surface area contributed by atoms with Crippen LogP contribution in [0.25, 0.3) is 0 Å². The van der Waals surface area contributed by atoms with Crippen molar-refractivity contribution in [1.29, 1.82) is 0 Å². The maximum absolute atomic E-state index is 11.8. The van der Waals surface area contributed by atoms with Gasteiger partial charge in [0, 0.05) is 25.6 Å². The number of carbonyl (C=O) groups is 1. The summed E-state index contributed by atoms with van der Waals surface area (Å²) in [6.07, 6.45) is 4.98. The molecule has 1 saturated heterocycles. The van der Waals surface area contributed by atoms with Crippen LogP contribution in [0.2, 0.25) is 0 Å². The first kappa shape index (κ1) is 17.8. The van der Waals surface area contributed by atoms with E-state index in [0.29, 0.717) is 38.3 Å². The summed E-state index contributed by atoms with van der Waals surface area (Å²) in [4.78, 5) is 11.8. The van der Waals surface area contributed by atoms with Gasteiger partial charge in [0.25, 0.3) is 0 Å². The third-order valence-corrected chi connectivity index (χ3v) is 5.39. The molecular formula is C13H24N6O3S. The van der Waals surface area contributed by atoms with Crippen molar-refractivity contribution in [2.45, 2.75) is 51.6 Å². The van der Waals surface area contributed by atoms with Crippen LogP contribution in [0.4, 0.5) is 0 Å². The zero-order chi connectivity index (χ0) is 16.9. The van der Waals surface area contributed by atoms with Crippen molar-refractivity contribution in [3.05, 3.63) is 5.82 Å². The Hall–Kier alpha value is -1.55. The number of tetrazole rings is 1. The van der Waals surface area contributed by atoms with Gasteiger partial charge in [0.05, 0.1) is 12.8 Å². The first-order valence-electron chi connectivity index (χ1n) is 7.84. The van der Waals surface area contributed by atoms with E-state index in [9.17, 15) is 13.2 Å². The maximum atomic E-state index is 11.8. The second kappa shape index (κ2) is 7.82.